The number of rotatable bonds is 8. The fraction of sp³-hybridized carbons (Fsp3) is 0.409. The highest BCUT2D eigenvalue weighted by Gasteiger charge is 2.23. The van der Waals surface area contributed by atoms with Gasteiger partial charge in [-0.15, -0.1) is 0 Å². The summed E-state index contributed by atoms with van der Waals surface area (Å²) in [5.41, 5.74) is 2.41. The summed E-state index contributed by atoms with van der Waals surface area (Å²) in [5, 5.41) is 3.12. The molecule has 2 N–H and O–H groups in total. The van der Waals surface area contributed by atoms with E-state index in [1.54, 1.807) is 13.4 Å². The van der Waals surface area contributed by atoms with Crippen LogP contribution in [0.2, 0.25) is 0 Å². The Bertz CT molecular complexity index is 1130. The first-order valence-electron chi connectivity index (χ1n) is 10.9. The van der Waals surface area contributed by atoms with E-state index < -0.39 is 0 Å². The van der Waals surface area contributed by atoms with Gasteiger partial charge in [0.2, 0.25) is 0 Å². The lowest BCUT2D eigenvalue weighted by molar-refractivity contribution is -0.146. The van der Waals surface area contributed by atoms with Crippen molar-refractivity contribution in [3.05, 3.63) is 36.9 Å². The van der Waals surface area contributed by atoms with Gasteiger partial charge < -0.3 is 24.7 Å². The minimum atomic E-state index is -0.297. The average Bonchev–Trinajstić information content (AvgIpc) is 3.33. The number of thioether (sulfide) groups is 1. The lowest BCUT2D eigenvalue weighted by Crippen LogP contribution is -2.49. The lowest BCUT2D eigenvalue weighted by Gasteiger charge is -2.37. The van der Waals surface area contributed by atoms with Crippen LogP contribution in [0.5, 0.6) is 5.75 Å². The Morgan fingerprint density at radius 2 is 2.09 bits per heavy atom. The first-order valence-corrected chi connectivity index (χ1v) is 12.3. The number of esters is 1. The minimum absolute atomic E-state index is 0.275. The first kappa shape index (κ1) is 24.2. The van der Waals surface area contributed by atoms with Crippen molar-refractivity contribution in [2.24, 2.45) is 0 Å². The predicted octanol–water partition coefficient (Wildman–Crippen LogP) is 2.55. The quantitative estimate of drug-likeness (QED) is 0.351. The van der Waals surface area contributed by atoms with E-state index in [0.29, 0.717) is 33.6 Å². The van der Waals surface area contributed by atoms with Gasteiger partial charge in [0.1, 0.15) is 28.0 Å². The van der Waals surface area contributed by atoms with Gasteiger partial charge in [-0.05, 0) is 12.1 Å². The van der Waals surface area contributed by atoms with Crippen LogP contribution in [-0.4, -0.2) is 86.8 Å². The maximum absolute atomic E-state index is 11.7. The van der Waals surface area contributed by atoms with Crippen LogP contribution in [0, 0.1) is 0 Å². The summed E-state index contributed by atoms with van der Waals surface area (Å²) in [6, 6.07) is 8.10. The fourth-order valence-electron chi connectivity index (χ4n) is 3.80. The van der Waals surface area contributed by atoms with Gasteiger partial charge in [-0.3, -0.25) is 9.69 Å². The van der Waals surface area contributed by atoms with Crippen LogP contribution < -0.4 is 15.0 Å². The number of nitrogens with one attached hydrogen (secondary N) is 2. The number of imidazole rings is 1. The monoisotopic (exact) mass is 501 g/mol. The zero-order valence-corrected chi connectivity index (χ0v) is 20.7. The molecule has 34 heavy (non-hydrogen) atoms. The number of aromatic nitrogens is 4. The molecular formula is C22H27N7O3S2. The van der Waals surface area contributed by atoms with Crippen LogP contribution in [0.25, 0.3) is 11.2 Å². The number of thiocarbonyl (C=S) groups is 1. The molecule has 0 amide bonds. The number of H-pyrrole nitrogens is 1. The molecule has 4 rings (SSSR count). The van der Waals surface area contributed by atoms with Crippen molar-refractivity contribution in [3.63, 3.8) is 0 Å². The van der Waals surface area contributed by atoms with E-state index in [-0.39, 0.29) is 12.1 Å². The van der Waals surface area contributed by atoms with E-state index in [0.717, 1.165) is 37.6 Å². The third-order valence-electron chi connectivity index (χ3n) is 5.43. The second-order valence-electron chi connectivity index (χ2n) is 7.77. The zero-order chi connectivity index (χ0) is 23.9. The Labute approximate surface area is 207 Å². The third-order valence-corrected chi connectivity index (χ3v) is 6.79. The molecule has 3 aromatic rings. The van der Waals surface area contributed by atoms with Crippen molar-refractivity contribution in [2.75, 3.05) is 55.8 Å². The Morgan fingerprint density at radius 1 is 1.26 bits per heavy atom. The number of benzene rings is 1. The van der Waals surface area contributed by atoms with Gasteiger partial charge in [0.05, 0.1) is 13.4 Å². The Kier molecular flexibility index (Phi) is 8.14. The van der Waals surface area contributed by atoms with E-state index in [2.05, 4.69) is 47.2 Å². The number of nitrogens with zero attached hydrogens (tertiary/aromatic N) is 5. The fourth-order valence-corrected chi connectivity index (χ4v) is 4.78. The van der Waals surface area contributed by atoms with Crippen LogP contribution in [0.3, 0.4) is 0 Å². The van der Waals surface area contributed by atoms with E-state index in [1.165, 1.54) is 25.0 Å². The largest absolute Gasteiger partial charge is 0.497 e. The number of ether oxygens (including phenoxy) is 2. The van der Waals surface area contributed by atoms with Gasteiger partial charge in [0.15, 0.2) is 11.5 Å². The standard InChI is InChI=1S/C22H27N7O3S2/c1-15(30)32-18(12-34-22(33)27-21-19-20(24-13-23-19)25-14-26-21)11-28-6-8-29(9-7-28)16-4-3-5-17(10-16)31-2/h3-5,10,13-14,18H,6-9,11-12H2,1-2H3,(H2,23,24,25,26,27,33). The molecule has 12 heteroatoms. The molecule has 1 unspecified atom stereocenters. The van der Waals surface area contributed by atoms with Crippen LogP contribution in [0.1, 0.15) is 6.92 Å². The highest BCUT2D eigenvalue weighted by atomic mass is 32.2. The Hall–Kier alpha value is -2.96. The summed E-state index contributed by atoms with van der Waals surface area (Å²) < 4.78 is 11.5. The molecule has 0 spiro atoms. The number of aromatic amines is 1. The van der Waals surface area contributed by atoms with E-state index >= 15 is 0 Å². The molecule has 1 saturated heterocycles. The second kappa shape index (κ2) is 11.4. The molecule has 2 aromatic heterocycles. The SMILES string of the molecule is COc1cccc(N2CCN(CC(CSC(=S)Nc3ncnc4nc[nH]c34)OC(C)=O)CC2)c1. The smallest absolute Gasteiger partial charge is 0.302 e. The van der Waals surface area contributed by atoms with Gasteiger partial charge in [-0.2, -0.15) is 0 Å². The van der Waals surface area contributed by atoms with Gasteiger partial charge in [-0.1, -0.05) is 30.0 Å². The van der Waals surface area contributed by atoms with Crippen LogP contribution in [0.4, 0.5) is 11.5 Å². The van der Waals surface area contributed by atoms with Crippen molar-refractivity contribution < 1.29 is 14.3 Å². The summed E-state index contributed by atoms with van der Waals surface area (Å²) in [4.78, 5) is 31.8. The number of hydrogen-bond acceptors (Lipinski definition) is 10. The number of hydrogen-bond donors (Lipinski definition) is 2. The molecule has 0 radical (unpaired) electrons. The van der Waals surface area contributed by atoms with Crippen LogP contribution in [-0.2, 0) is 9.53 Å². The maximum Gasteiger partial charge on any atom is 0.302 e. The number of anilines is 2. The number of piperazine rings is 1. The normalized spacial score (nSPS) is 15.2. The van der Waals surface area contributed by atoms with Crippen molar-refractivity contribution in [3.8, 4) is 5.75 Å². The van der Waals surface area contributed by atoms with E-state index in [4.69, 9.17) is 21.7 Å². The zero-order valence-electron chi connectivity index (χ0n) is 19.1. The van der Waals surface area contributed by atoms with E-state index in [9.17, 15) is 4.79 Å². The number of carbonyl (C=O) groups is 1. The molecule has 0 aliphatic carbocycles. The maximum atomic E-state index is 11.7. The number of methoxy groups -OCH3 is 1. The van der Waals surface area contributed by atoms with Crippen LogP contribution in [0.15, 0.2) is 36.9 Å². The van der Waals surface area contributed by atoms with Crippen molar-refractivity contribution in [2.45, 2.75) is 13.0 Å². The second-order valence-corrected chi connectivity index (χ2v) is 9.46. The molecule has 10 nitrogen and oxygen atoms in total. The van der Waals surface area contributed by atoms with Crippen molar-refractivity contribution in [1.29, 1.82) is 0 Å². The van der Waals surface area contributed by atoms with Gasteiger partial charge >= 0.3 is 5.97 Å². The average molecular weight is 502 g/mol. The molecule has 1 aliphatic rings. The third kappa shape index (κ3) is 6.33. The lowest BCUT2D eigenvalue weighted by atomic mass is 10.2. The van der Waals surface area contributed by atoms with Gasteiger partial charge in [-0.25, -0.2) is 15.0 Å². The first-order chi connectivity index (χ1) is 16.5. The molecule has 1 aromatic carbocycles. The molecule has 0 bridgehead atoms. The molecule has 3 heterocycles. The molecule has 0 saturated carbocycles. The van der Waals surface area contributed by atoms with Crippen LogP contribution >= 0.6 is 24.0 Å². The summed E-state index contributed by atoms with van der Waals surface area (Å²) in [5.74, 6) is 1.66. The van der Waals surface area contributed by atoms with Gasteiger partial charge in [0.25, 0.3) is 0 Å². The van der Waals surface area contributed by atoms with Crippen molar-refractivity contribution >= 4 is 56.9 Å². The van der Waals surface area contributed by atoms with Gasteiger partial charge in [0, 0.05) is 57.2 Å². The molecule has 1 fully saturated rings. The summed E-state index contributed by atoms with van der Waals surface area (Å²) in [6.45, 7) is 5.62. The molecule has 180 valence electrons. The highest BCUT2D eigenvalue weighted by molar-refractivity contribution is 8.23. The Balaban J connectivity index is 1.28. The summed E-state index contributed by atoms with van der Waals surface area (Å²) in [7, 11) is 1.68. The van der Waals surface area contributed by atoms with Crippen molar-refractivity contribution in [1.82, 2.24) is 24.8 Å². The molecule has 1 atom stereocenters. The number of fused-ring (bicyclic) bond motifs is 1. The van der Waals surface area contributed by atoms with E-state index in [1.807, 2.05) is 12.1 Å². The Morgan fingerprint density at radius 3 is 2.85 bits per heavy atom. The topological polar surface area (TPSA) is 108 Å². The molecular weight excluding hydrogens is 474 g/mol. The molecule has 1 aliphatic heterocycles. The highest BCUT2D eigenvalue weighted by Crippen LogP contribution is 2.23. The minimum Gasteiger partial charge on any atom is -0.497 e. The predicted molar refractivity (Wildman–Crippen MR) is 138 cm³/mol. The summed E-state index contributed by atoms with van der Waals surface area (Å²) in [6.07, 6.45) is 2.72. The number of carbonyl (C=O) groups excluding carboxylic acids is 1. The summed E-state index contributed by atoms with van der Waals surface area (Å²) >= 11 is 6.91.